The minimum atomic E-state index is -0.427. The number of esters is 1. The fourth-order valence-corrected chi connectivity index (χ4v) is 4.55. The maximum Gasteiger partial charge on any atom is 0.338 e. The fraction of sp³-hybridized carbons (Fsp3) is 0.781. The molecular formula is C32H54O9. The average Bonchev–Trinajstić information content (AvgIpc) is 2.98. The number of ether oxygens (including phenoxy) is 8. The number of methoxy groups -OCH3 is 1. The Balaban J connectivity index is 1.94. The van der Waals surface area contributed by atoms with Crippen LogP contribution in [-0.4, -0.2) is 85.8 Å². The monoisotopic (exact) mass is 582 g/mol. The van der Waals surface area contributed by atoms with E-state index >= 15 is 0 Å². The highest BCUT2D eigenvalue weighted by molar-refractivity contribution is 5.93. The van der Waals surface area contributed by atoms with Crippen molar-refractivity contribution < 1.29 is 42.7 Å². The quantitative estimate of drug-likeness (QED) is 0.209. The molecule has 0 amide bonds. The molecule has 1 aliphatic heterocycles. The van der Waals surface area contributed by atoms with E-state index in [1.165, 1.54) is 58.5 Å². The van der Waals surface area contributed by atoms with E-state index in [1.807, 2.05) is 12.1 Å². The summed E-state index contributed by atoms with van der Waals surface area (Å²) in [6.45, 7) is 7.92. The van der Waals surface area contributed by atoms with Gasteiger partial charge in [-0.05, 0) is 29.7 Å². The lowest BCUT2D eigenvalue weighted by atomic mass is 10.0. The Morgan fingerprint density at radius 2 is 1.00 bits per heavy atom. The number of carbonyl (C=O) groups is 1. The zero-order chi connectivity index (χ0) is 29.2. The predicted octanol–water partition coefficient (Wildman–Crippen LogP) is 5.89. The average molecular weight is 583 g/mol. The van der Waals surface area contributed by atoms with Gasteiger partial charge in [-0.2, -0.15) is 0 Å². The molecule has 41 heavy (non-hydrogen) atoms. The number of benzene rings is 1. The van der Waals surface area contributed by atoms with Crippen molar-refractivity contribution in [3.8, 4) is 5.75 Å². The van der Waals surface area contributed by atoms with Crippen LogP contribution in [0.4, 0.5) is 0 Å². The molecule has 1 aromatic carbocycles. The zero-order valence-corrected chi connectivity index (χ0v) is 25.6. The lowest BCUT2D eigenvalue weighted by molar-refractivity contribution is -0.0181. The summed E-state index contributed by atoms with van der Waals surface area (Å²) in [6, 6.07) is 3.75. The third-order valence-electron chi connectivity index (χ3n) is 6.81. The first-order valence-corrected chi connectivity index (χ1v) is 15.6. The molecule has 9 heteroatoms. The highest BCUT2D eigenvalue weighted by atomic mass is 16.6. The molecule has 1 aliphatic rings. The van der Waals surface area contributed by atoms with Crippen LogP contribution in [0.5, 0.6) is 5.75 Å². The lowest BCUT2D eigenvalue weighted by Gasteiger charge is -2.17. The van der Waals surface area contributed by atoms with E-state index in [0.29, 0.717) is 95.1 Å². The molecule has 0 aliphatic carbocycles. The molecule has 0 atom stereocenters. The number of carbonyl (C=O) groups excluding carboxylic acids is 1. The summed E-state index contributed by atoms with van der Waals surface area (Å²) in [5.74, 6) is 0.273. The zero-order valence-electron chi connectivity index (χ0n) is 25.6. The van der Waals surface area contributed by atoms with Crippen LogP contribution in [0.25, 0.3) is 0 Å². The summed E-state index contributed by atoms with van der Waals surface area (Å²) in [6.07, 6.45) is 12.7. The van der Waals surface area contributed by atoms with Gasteiger partial charge in [-0.25, -0.2) is 4.79 Å². The standard InChI is InChI=1S/C32H54O9/c1-3-4-5-6-7-8-9-10-11-12-13-41-30-24-28-26-39-22-20-37-18-16-35-14-15-36-17-19-38-21-23-40-27-29(25-30)31(28)32(33)34-2/h24-25H,3-23,26-27H2,1-2H3. The second kappa shape index (κ2) is 24.8. The topological polar surface area (TPSA) is 90.9 Å². The van der Waals surface area contributed by atoms with E-state index in [2.05, 4.69) is 6.92 Å². The fourth-order valence-electron chi connectivity index (χ4n) is 4.55. The van der Waals surface area contributed by atoms with Gasteiger partial charge in [-0.15, -0.1) is 0 Å². The Morgan fingerprint density at radius 1 is 0.610 bits per heavy atom. The first kappa shape index (κ1) is 35.4. The lowest BCUT2D eigenvalue weighted by Crippen LogP contribution is -2.15. The van der Waals surface area contributed by atoms with Gasteiger partial charge in [0, 0.05) is 0 Å². The normalized spacial score (nSPS) is 16.9. The summed E-state index contributed by atoms with van der Waals surface area (Å²) in [5, 5.41) is 0. The molecular weight excluding hydrogens is 528 g/mol. The van der Waals surface area contributed by atoms with Gasteiger partial charge in [0.15, 0.2) is 0 Å². The Bertz CT molecular complexity index is 745. The van der Waals surface area contributed by atoms with Crippen molar-refractivity contribution in [3.05, 3.63) is 28.8 Å². The first-order valence-electron chi connectivity index (χ1n) is 15.6. The molecule has 0 aromatic heterocycles. The van der Waals surface area contributed by atoms with Crippen molar-refractivity contribution in [2.75, 3.05) is 79.8 Å². The molecule has 0 N–H and O–H groups in total. The molecule has 0 spiro atoms. The van der Waals surface area contributed by atoms with E-state index < -0.39 is 5.97 Å². The van der Waals surface area contributed by atoms with E-state index in [1.54, 1.807) is 0 Å². The van der Waals surface area contributed by atoms with Gasteiger partial charge < -0.3 is 37.9 Å². The Kier molecular flexibility index (Phi) is 21.5. The van der Waals surface area contributed by atoms with E-state index in [0.717, 1.165) is 12.8 Å². The van der Waals surface area contributed by atoms with Gasteiger partial charge in [0.2, 0.25) is 0 Å². The largest absolute Gasteiger partial charge is 0.494 e. The summed E-state index contributed by atoms with van der Waals surface area (Å²) < 4.78 is 45.1. The van der Waals surface area contributed by atoms with Crippen LogP contribution >= 0.6 is 0 Å². The number of fused-ring (bicyclic) bond motifs is 2. The van der Waals surface area contributed by atoms with Crippen LogP contribution in [0.2, 0.25) is 0 Å². The highest BCUT2D eigenvalue weighted by Crippen LogP contribution is 2.26. The molecule has 2 bridgehead atoms. The van der Waals surface area contributed by atoms with E-state index in [4.69, 9.17) is 37.9 Å². The molecule has 0 saturated heterocycles. The van der Waals surface area contributed by atoms with Gasteiger partial charge >= 0.3 is 5.97 Å². The number of rotatable bonds is 13. The van der Waals surface area contributed by atoms with Crippen LogP contribution in [0.15, 0.2) is 12.1 Å². The van der Waals surface area contributed by atoms with E-state index in [-0.39, 0.29) is 13.2 Å². The van der Waals surface area contributed by atoms with Crippen molar-refractivity contribution in [2.45, 2.75) is 84.3 Å². The minimum absolute atomic E-state index is 0.229. The smallest absolute Gasteiger partial charge is 0.338 e. The summed E-state index contributed by atoms with van der Waals surface area (Å²) in [5.41, 5.74) is 1.87. The van der Waals surface area contributed by atoms with Crippen LogP contribution in [-0.2, 0) is 46.4 Å². The van der Waals surface area contributed by atoms with Gasteiger partial charge in [-0.3, -0.25) is 0 Å². The number of hydrogen-bond acceptors (Lipinski definition) is 9. The highest BCUT2D eigenvalue weighted by Gasteiger charge is 2.20. The first-order chi connectivity index (χ1) is 20.3. The number of hydrogen-bond donors (Lipinski definition) is 0. The van der Waals surface area contributed by atoms with E-state index in [9.17, 15) is 4.79 Å². The van der Waals surface area contributed by atoms with Crippen LogP contribution in [0.1, 0.15) is 92.6 Å². The van der Waals surface area contributed by atoms with Crippen LogP contribution < -0.4 is 4.74 Å². The maximum absolute atomic E-state index is 12.8. The SMILES string of the molecule is CCCCCCCCCCCCOc1cc2c(C(=O)OC)c(c1)COCCOCCOCCOCCOCCOC2. The second-order valence-corrected chi connectivity index (χ2v) is 10.2. The molecule has 0 unspecified atom stereocenters. The third kappa shape index (κ3) is 17.1. The Labute approximate surface area is 247 Å². The molecule has 0 fully saturated rings. The van der Waals surface area contributed by atoms with Gasteiger partial charge in [0.1, 0.15) is 5.75 Å². The molecule has 236 valence electrons. The van der Waals surface area contributed by atoms with Crippen molar-refractivity contribution in [3.63, 3.8) is 0 Å². The van der Waals surface area contributed by atoms with Crippen molar-refractivity contribution >= 4 is 5.97 Å². The maximum atomic E-state index is 12.8. The molecule has 0 radical (unpaired) electrons. The third-order valence-corrected chi connectivity index (χ3v) is 6.81. The second-order valence-electron chi connectivity index (χ2n) is 10.2. The summed E-state index contributed by atoms with van der Waals surface area (Å²) >= 11 is 0. The number of unbranched alkanes of at least 4 members (excludes halogenated alkanes) is 9. The Morgan fingerprint density at radius 3 is 1.41 bits per heavy atom. The minimum Gasteiger partial charge on any atom is -0.494 e. The summed E-state index contributed by atoms with van der Waals surface area (Å²) in [7, 11) is 1.38. The molecule has 1 heterocycles. The Hall–Kier alpha value is -1.75. The summed E-state index contributed by atoms with van der Waals surface area (Å²) in [4.78, 5) is 12.8. The predicted molar refractivity (Wildman–Crippen MR) is 158 cm³/mol. The van der Waals surface area contributed by atoms with Crippen molar-refractivity contribution in [2.24, 2.45) is 0 Å². The van der Waals surface area contributed by atoms with Gasteiger partial charge in [-0.1, -0.05) is 64.7 Å². The van der Waals surface area contributed by atoms with Gasteiger partial charge in [0.25, 0.3) is 0 Å². The van der Waals surface area contributed by atoms with Crippen molar-refractivity contribution in [1.82, 2.24) is 0 Å². The molecule has 2 rings (SSSR count). The molecule has 9 nitrogen and oxygen atoms in total. The van der Waals surface area contributed by atoms with Crippen LogP contribution in [0.3, 0.4) is 0 Å². The van der Waals surface area contributed by atoms with Crippen LogP contribution in [0, 0.1) is 0 Å². The van der Waals surface area contributed by atoms with Crippen molar-refractivity contribution in [1.29, 1.82) is 0 Å². The molecule has 0 saturated carbocycles. The van der Waals surface area contributed by atoms with Gasteiger partial charge in [0.05, 0.1) is 98.6 Å². The molecule has 1 aromatic rings.